The van der Waals surface area contributed by atoms with Gasteiger partial charge in [-0.3, -0.25) is 4.79 Å². The third-order valence-electron chi connectivity index (χ3n) is 3.30. The maximum atomic E-state index is 12.3. The molecule has 22 heavy (non-hydrogen) atoms. The fourth-order valence-electron chi connectivity index (χ4n) is 2.05. The Labute approximate surface area is 139 Å². The minimum atomic E-state index is -0.565. The van der Waals surface area contributed by atoms with Crippen molar-refractivity contribution in [3.63, 3.8) is 0 Å². The molecule has 1 atom stereocenters. The number of Topliss-reactive ketones (excluding diaryl/α,β-unsaturated/α-hetero) is 1. The van der Waals surface area contributed by atoms with E-state index in [0.717, 1.165) is 0 Å². The Hall–Kier alpha value is -2.02. The SMILES string of the molecule is COc1ccc(C(=O)CC(C#N)c2ccc(Cl)c(Cl)c2)cc1. The van der Waals surface area contributed by atoms with Crippen LogP contribution < -0.4 is 4.74 Å². The van der Waals surface area contributed by atoms with Gasteiger partial charge in [-0.05, 0) is 42.0 Å². The second-order valence-electron chi connectivity index (χ2n) is 4.71. The van der Waals surface area contributed by atoms with Crippen LogP contribution in [0.5, 0.6) is 5.75 Å². The number of hydrogen-bond donors (Lipinski definition) is 0. The summed E-state index contributed by atoms with van der Waals surface area (Å²) in [5.74, 6) is 0.00232. The van der Waals surface area contributed by atoms with Gasteiger partial charge in [-0.15, -0.1) is 0 Å². The van der Waals surface area contributed by atoms with Crippen LogP contribution in [0.25, 0.3) is 0 Å². The van der Waals surface area contributed by atoms with Crippen LogP contribution in [0.2, 0.25) is 10.0 Å². The number of rotatable bonds is 5. The third-order valence-corrected chi connectivity index (χ3v) is 4.04. The smallest absolute Gasteiger partial charge is 0.164 e. The normalized spacial score (nSPS) is 11.5. The Kier molecular flexibility index (Phi) is 5.43. The number of methoxy groups -OCH3 is 1. The molecule has 112 valence electrons. The van der Waals surface area contributed by atoms with Crippen LogP contribution in [0.15, 0.2) is 42.5 Å². The standard InChI is InChI=1S/C17H13Cl2NO2/c1-22-14-5-2-11(3-6-14)17(21)9-13(10-20)12-4-7-15(18)16(19)8-12/h2-8,13H,9H2,1H3. The Bertz CT molecular complexity index is 720. The Balaban J connectivity index is 2.16. The van der Waals surface area contributed by atoms with Gasteiger partial charge in [-0.1, -0.05) is 29.3 Å². The quantitative estimate of drug-likeness (QED) is 0.732. The first kappa shape index (κ1) is 16.4. The highest BCUT2D eigenvalue weighted by Crippen LogP contribution is 2.28. The second kappa shape index (κ2) is 7.31. The van der Waals surface area contributed by atoms with Gasteiger partial charge < -0.3 is 4.74 Å². The minimum Gasteiger partial charge on any atom is -0.497 e. The lowest BCUT2D eigenvalue weighted by molar-refractivity contribution is 0.0979. The summed E-state index contributed by atoms with van der Waals surface area (Å²) in [5.41, 5.74) is 1.22. The highest BCUT2D eigenvalue weighted by molar-refractivity contribution is 6.42. The lowest BCUT2D eigenvalue weighted by Gasteiger charge is -2.10. The van der Waals surface area contributed by atoms with E-state index < -0.39 is 5.92 Å². The van der Waals surface area contributed by atoms with Crippen molar-refractivity contribution in [2.24, 2.45) is 0 Å². The maximum Gasteiger partial charge on any atom is 0.164 e. The molecule has 5 heteroatoms. The molecule has 0 radical (unpaired) electrons. The molecule has 0 aliphatic carbocycles. The zero-order valence-electron chi connectivity index (χ0n) is 11.8. The lowest BCUT2D eigenvalue weighted by atomic mass is 9.93. The highest BCUT2D eigenvalue weighted by Gasteiger charge is 2.18. The van der Waals surface area contributed by atoms with Crippen LogP contribution in [-0.2, 0) is 0 Å². The monoisotopic (exact) mass is 333 g/mol. The number of carbonyl (C=O) groups excluding carboxylic acids is 1. The number of nitriles is 1. The number of nitrogens with zero attached hydrogens (tertiary/aromatic N) is 1. The summed E-state index contributed by atoms with van der Waals surface area (Å²) in [4.78, 5) is 12.3. The predicted octanol–water partition coefficient (Wildman–Crippen LogP) is 4.88. The van der Waals surface area contributed by atoms with E-state index in [2.05, 4.69) is 6.07 Å². The van der Waals surface area contributed by atoms with Crippen molar-refractivity contribution in [1.82, 2.24) is 0 Å². The van der Waals surface area contributed by atoms with Gasteiger partial charge in [0.1, 0.15) is 5.75 Å². The van der Waals surface area contributed by atoms with Crippen LogP contribution in [0.3, 0.4) is 0 Å². The lowest BCUT2D eigenvalue weighted by Crippen LogP contribution is -2.06. The molecule has 0 amide bonds. The molecule has 1 unspecified atom stereocenters. The molecule has 2 aromatic rings. The number of benzene rings is 2. The first-order valence-corrected chi connectivity index (χ1v) is 7.32. The van der Waals surface area contributed by atoms with E-state index in [1.165, 1.54) is 0 Å². The Morgan fingerprint density at radius 3 is 2.41 bits per heavy atom. The molecule has 2 rings (SSSR count). The molecule has 0 N–H and O–H groups in total. The fraction of sp³-hybridized carbons (Fsp3) is 0.176. The molecule has 0 aliphatic rings. The molecule has 0 saturated carbocycles. The van der Waals surface area contributed by atoms with E-state index in [1.54, 1.807) is 49.6 Å². The molecule has 0 heterocycles. The number of carbonyl (C=O) groups is 1. The van der Waals surface area contributed by atoms with Gasteiger partial charge in [-0.25, -0.2) is 0 Å². The van der Waals surface area contributed by atoms with Gasteiger partial charge in [0.2, 0.25) is 0 Å². The summed E-state index contributed by atoms with van der Waals surface area (Å²) in [6.07, 6.45) is 0.0841. The van der Waals surface area contributed by atoms with Crippen molar-refractivity contribution >= 4 is 29.0 Å². The molecule has 3 nitrogen and oxygen atoms in total. The molecule has 0 fully saturated rings. The largest absolute Gasteiger partial charge is 0.497 e. The predicted molar refractivity (Wildman–Crippen MR) is 86.8 cm³/mol. The van der Waals surface area contributed by atoms with E-state index in [9.17, 15) is 10.1 Å². The zero-order valence-corrected chi connectivity index (χ0v) is 13.4. The molecule has 0 aromatic heterocycles. The van der Waals surface area contributed by atoms with Gasteiger partial charge in [0.15, 0.2) is 5.78 Å². The molecular weight excluding hydrogens is 321 g/mol. The molecular formula is C17H13Cl2NO2. The van der Waals surface area contributed by atoms with Gasteiger partial charge in [-0.2, -0.15) is 5.26 Å². The summed E-state index contributed by atoms with van der Waals surface area (Å²) in [7, 11) is 1.56. The average molecular weight is 334 g/mol. The van der Waals surface area contributed by atoms with Crippen LogP contribution in [0, 0.1) is 11.3 Å². The van der Waals surface area contributed by atoms with Gasteiger partial charge >= 0.3 is 0 Å². The van der Waals surface area contributed by atoms with Crippen molar-refractivity contribution in [1.29, 1.82) is 5.26 Å². The minimum absolute atomic E-state index is 0.0841. The fourth-order valence-corrected chi connectivity index (χ4v) is 2.35. The highest BCUT2D eigenvalue weighted by atomic mass is 35.5. The Morgan fingerprint density at radius 2 is 1.86 bits per heavy atom. The zero-order chi connectivity index (χ0) is 16.1. The summed E-state index contributed by atoms with van der Waals surface area (Å²) >= 11 is 11.8. The van der Waals surface area contributed by atoms with E-state index in [0.29, 0.717) is 26.9 Å². The topological polar surface area (TPSA) is 50.1 Å². The Morgan fingerprint density at radius 1 is 1.18 bits per heavy atom. The van der Waals surface area contributed by atoms with Crippen molar-refractivity contribution in [2.45, 2.75) is 12.3 Å². The van der Waals surface area contributed by atoms with E-state index >= 15 is 0 Å². The molecule has 2 aromatic carbocycles. The second-order valence-corrected chi connectivity index (χ2v) is 5.53. The van der Waals surface area contributed by atoms with Crippen molar-refractivity contribution in [3.05, 3.63) is 63.6 Å². The average Bonchev–Trinajstić information content (AvgIpc) is 2.55. The number of halogens is 2. The number of hydrogen-bond acceptors (Lipinski definition) is 3. The summed E-state index contributed by atoms with van der Waals surface area (Å²) in [6.45, 7) is 0. The van der Waals surface area contributed by atoms with Crippen molar-refractivity contribution in [2.75, 3.05) is 7.11 Å². The first-order chi connectivity index (χ1) is 10.5. The van der Waals surface area contributed by atoms with Crippen molar-refractivity contribution < 1.29 is 9.53 Å². The molecule has 0 aliphatic heterocycles. The van der Waals surface area contributed by atoms with Crippen LogP contribution in [0.1, 0.15) is 28.3 Å². The van der Waals surface area contributed by atoms with Crippen molar-refractivity contribution in [3.8, 4) is 11.8 Å². The summed E-state index contributed by atoms with van der Waals surface area (Å²) in [5, 5.41) is 10.1. The van der Waals surface area contributed by atoms with Crippen LogP contribution >= 0.6 is 23.2 Å². The van der Waals surface area contributed by atoms with Gasteiger partial charge in [0.05, 0.1) is 29.1 Å². The van der Waals surface area contributed by atoms with Gasteiger partial charge in [0.25, 0.3) is 0 Å². The van der Waals surface area contributed by atoms with E-state index in [1.807, 2.05) is 0 Å². The maximum absolute atomic E-state index is 12.3. The molecule has 0 bridgehead atoms. The van der Waals surface area contributed by atoms with E-state index in [4.69, 9.17) is 27.9 Å². The van der Waals surface area contributed by atoms with Crippen LogP contribution in [0.4, 0.5) is 0 Å². The number of ketones is 1. The van der Waals surface area contributed by atoms with Gasteiger partial charge in [0, 0.05) is 12.0 Å². The summed E-state index contributed by atoms with van der Waals surface area (Å²) in [6, 6.07) is 13.9. The summed E-state index contributed by atoms with van der Waals surface area (Å²) < 4.78 is 5.05. The molecule has 0 spiro atoms. The first-order valence-electron chi connectivity index (χ1n) is 6.57. The third kappa shape index (κ3) is 3.79. The van der Waals surface area contributed by atoms with Crippen LogP contribution in [-0.4, -0.2) is 12.9 Å². The molecule has 0 saturated heterocycles. The number of ether oxygens (including phenoxy) is 1. The van der Waals surface area contributed by atoms with E-state index in [-0.39, 0.29) is 12.2 Å².